The molecule has 0 aliphatic carbocycles. The summed E-state index contributed by atoms with van der Waals surface area (Å²) in [6.45, 7) is 4.26. The Morgan fingerprint density at radius 2 is 1.75 bits per heavy atom. The number of benzene rings is 2. The second kappa shape index (κ2) is 6.94. The van der Waals surface area contributed by atoms with Gasteiger partial charge in [0.05, 0.1) is 7.11 Å². The Morgan fingerprint density at radius 3 is 2.40 bits per heavy atom. The van der Waals surface area contributed by atoms with E-state index in [2.05, 4.69) is 72.2 Å². The zero-order chi connectivity index (χ0) is 14.5. The van der Waals surface area contributed by atoms with Crippen molar-refractivity contribution in [2.75, 3.05) is 7.11 Å². The fourth-order valence-corrected chi connectivity index (χ4v) is 2.98. The zero-order valence-corrected chi connectivity index (χ0v) is 13.9. The van der Waals surface area contributed by atoms with Crippen molar-refractivity contribution < 1.29 is 4.74 Å². The van der Waals surface area contributed by atoms with Crippen LogP contribution in [0.2, 0.25) is 0 Å². The third-order valence-corrected chi connectivity index (χ3v) is 4.67. The molecule has 0 heterocycles. The number of hydrogen-bond donors (Lipinski definition) is 0. The Morgan fingerprint density at radius 1 is 1.05 bits per heavy atom. The summed E-state index contributed by atoms with van der Waals surface area (Å²) in [5, 5.41) is 0. The van der Waals surface area contributed by atoms with Crippen molar-refractivity contribution in [2.24, 2.45) is 0 Å². The predicted molar refractivity (Wildman–Crippen MR) is 88.9 cm³/mol. The third kappa shape index (κ3) is 3.63. The molecule has 0 aliphatic heterocycles. The Bertz CT molecular complexity index is 563. The summed E-state index contributed by atoms with van der Waals surface area (Å²) in [5.41, 5.74) is 5.26. The highest BCUT2D eigenvalue weighted by Crippen LogP contribution is 2.30. The lowest BCUT2D eigenvalue weighted by Crippen LogP contribution is -1.98. The van der Waals surface area contributed by atoms with E-state index in [-0.39, 0.29) is 0 Å². The fourth-order valence-electron chi connectivity index (χ4n) is 2.45. The van der Waals surface area contributed by atoms with Crippen molar-refractivity contribution in [1.82, 2.24) is 0 Å². The first-order chi connectivity index (χ1) is 9.61. The lowest BCUT2D eigenvalue weighted by molar-refractivity contribution is 0.411. The van der Waals surface area contributed by atoms with Crippen molar-refractivity contribution in [3.8, 4) is 5.75 Å². The van der Waals surface area contributed by atoms with E-state index >= 15 is 0 Å². The lowest BCUT2D eigenvalue weighted by Gasteiger charge is -2.14. The maximum Gasteiger partial charge on any atom is 0.122 e. The summed E-state index contributed by atoms with van der Waals surface area (Å²) in [5.74, 6) is 0.977. The van der Waals surface area contributed by atoms with Gasteiger partial charge >= 0.3 is 0 Å². The monoisotopic (exact) mass is 332 g/mol. The van der Waals surface area contributed by atoms with Crippen LogP contribution in [0.15, 0.2) is 42.5 Å². The van der Waals surface area contributed by atoms with Gasteiger partial charge in [-0.2, -0.15) is 0 Å². The highest BCUT2D eigenvalue weighted by Gasteiger charge is 2.10. The van der Waals surface area contributed by atoms with Crippen LogP contribution in [0.1, 0.15) is 33.5 Å². The maximum atomic E-state index is 5.37. The Kier molecular flexibility index (Phi) is 5.24. The Labute approximate surface area is 130 Å². The normalized spacial score (nSPS) is 12.2. The van der Waals surface area contributed by atoms with Crippen molar-refractivity contribution in [1.29, 1.82) is 0 Å². The number of ether oxygens (including phenoxy) is 1. The second-order valence-corrected chi connectivity index (χ2v) is 6.27. The highest BCUT2D eigenvalue weighted by atomic mass is 79.9. The molecule has 2 aromatic carbocycles. The maximum absolute atomic E-state index is 5.37. The number of aryl methyl sites for hydroxylation is 3. The molecule has 106 valence electrons. The van der Waals surface area contributed by atoms with Gasteiger partial charge in [0.1, 0.15) is 5.75 Å². The molecule has 0 saturated heterocycles. The molecule has 0 bridgehead atoms. The van der Waals surface area contributed by atoms with E-state index in [4.69, 9.17) is 4.74 Å². The molecule has 0 N–H and O–H groups in total. The van der Waals surface area contributed by atoms with Gasteiger partial charge in [-0.3, -0.25) is 0 Å². The van der Waals surface area contributed by atoms with Crippen LogP contribution in [-0.4, -0.2) is 7.11 Å². The molecule has 2 rings (SSSR count). The van der Waals surface area contributed by atoms with E-state index in [1.165, 1.54) is 22.3 Å². The van der Waals surface area contributed by atoms with Crippen LogP contribution >= 0.6 is 15.9 Å². The molecular weight excluding hydrogens is 312 g/mol. The molecule has 2 heteroatoms. The van der Waals surface area contributed by atoms with E-state index in [0.29, 0.717) is 4.83 Å². The summed E-state index contributed by atoms with van der Waals surface area (Å²) in [6.07, 6.45) is 2.16. The second-order valence-electron chi connectivity index (χ2n) is 5.17. The number of halogens is 1. The molecule has 0 spiro atoms. The zero-order valence-electron chi connectivity index (χ0n) is 12.3. The Balaban J connectivity index is 2.06. The third-order valence-electron chi connectivity index (χ3n) is 3.68. The van der Waals surface area contributed by atoms with Gasteiger partial charge in [-0.1, -0.05) is 52.3 Å². The average Bonchev–Trinajstić information content (AvgIpc) is 2.48. The van der Waals surface area contributed by atoms with Crippen molar-refractivity contribution in [2.45, 2.75) is 31.5 Å². The van der Waals surface area contributed by atoms with Crippen LogP contribution in [0.5, 0.6) is 5.75 Å². The van der Waals surface area contributed by atoms with Gasteiger partial charge in [0.25, 0.3) is 0 Å². The van der Waals surface area contributed by atoms with Gasteiger partial charge in [0.2, 0.25) is 0 Å². The molecule has 2 aromatic rings. The molecule has 1 atom stereocenters. The first kappa shape index (κ1) is 15.1. The summed E-state index contributed by atoms with van der Waals surface area (Å²) < 4.78 is 5.37. The summed E-state index contributed by atoms with van der Waals surface area (Å²) in [7, 11) is 1.73. The van der Waals surface area contributed by atoms with Gasteiger partial charge in [-0.15, -0.1) is 0 Å². The van der Waals surface area contributed by atoms with Gasteiger partial charge in [0.15, 0.2) is 0 Å². The highest BCUT2D eigenvalue weighted by molar-refractivity contribution is 9.09. The van der Waals surface area contributed by atoms with E-state index < -0.39 is 0 Å². The average molecular weight is 333 g/mol. The number of alkyl halides is 1. The van der Waals surface area contributed by atoms with E-state index in [9.17, 15) is 0 Å². The molecule has 1 nitrogen and oxygen atoms in total. The van der Waals surface area contributed by atoms with Gasteiger partial charge in [-0.25, -0.2) is 0 Å². The first-order valence-corrected chi connectivity index (χ1v) is 7.86. The topological polar surface area (TPSA) is 9.23 Å². The van der Waals surface area contributed by atoms with E-state index in [1.54, 1.807) is 7.11 Å². The van der Waals surface area contributed by atoms with Crippen LogP contribution in [0, 0.1) is 13.8 Å². The molecule has 0 fully saturated rings. The van der Waals surface area contributed by atoms with Gasteiger partial charge in [-0.05, 0) is 55.0 Å². The molecule has 0 saturated carbocycles. The van der Waals surface area contributed by atoms with Crippen LogP contribution in [0.3, 0.4) is 0 Å². The molecule has 0 aromatic heterocycles. The van der Waals surface area contributed by atoms with Crippen molar-refractivity contribution in [3.05, 3.63) is 64.7 Å². The largest absolute Gasteiger partial charge is 0.496 e. The van der Waals surface area contributed by atoms with Crippen molar-refractivity contribution in [3.63, 3.8) is 0 Å². The first-order valence-electron chi connectivity index (χ1n) is 6.95. The molecule has 1 unspecified atom stereocenters. The molecule has 0 aliphatic rings. The molecule has 20 heavy (non-hydrogen) atoms. The van der Waals surface area contributed by atoms with E-state index in [0.717, 1.165) is 18.6 Å². The van der Waals surface area contributed by atoms with Crippen LogP contribution in [0.25, 0.3) is 0 Å². The SMILES string of the molecule is COc1cc(C)c(CCC(Br)c2ccccc2)cc1C. The van der Waals surface area contributed by atoms with Gasteiger partial charge in [0, 0.05) is 4.83 Å². The fraction of sp³-hybridized carbons (Fsp3) is 0.333. The van der Waals surface area contributed by atoms with Crippen molar-refractivity contribution >= 4 is 15.9 Å². The van der Waals surface area contributed by atoms with Crippen LogP contribution < -0.4 is 4.74 Å². The molecular formula is C18H21BrO. The molecule has 0 radical (unpaired) electrons. The minimum Gasteiger partial charge on any atom is -0.496 e. The Hall–Kier alpha value is -1.28. The quantitative estimate of drug-likeness (QED) is 0.668. The summed E-state index contributed by atoms with van der Waals surface area (Å²) in [4.78, 5) is 0.408. The predicted octanol–water partition coefficient (Wildman–Crippen LogP) is 5.38. The standard InChI is InChI=1S/C18H21BrO/c1-13-12-18(20-3)14(2)11-16(13)9-10-17(19)15-7-5-4-6-8-15/h4-8,11-12,17H,9-10H2,1-3H3. The summed E-state index contributed by atoms with van der Waals surface area (Å²) >= 11 is 3.79. The number of rotatable bonds is 5. The minimum atomic E-state index is 0.408. The van der Waals surface area contributed by atoms with Crippen LogP contribution in [-0.2, 0) is 6.42 Å². The van der Waals surface area contributed by atoms with Crippen LogP contribution in [0.4, 0.5) is 0 Å². The number of hydrogen-bond acceptors (Lipinski definition) is 1. The number of methoxy groups -OCH3 is 1. The van der Waals surface area contributed by atoms with Gasteiger partial charge < -0.3 is 4.74 Å². The van der Waals surface area contributed by atoms with E-state index in [1.807, 2.05) is 0 Å². The lowest BCUT2D eigenvalue weighted by atomic mass is 9.98. The summed E-state index contributed by atoms with van der Waals surface area (Å²) in [6, 6.07) is 15.0. The minimum absolute atomic E-state index is 0.408. The smallest absolute Gasteiger partial charge is 0.122 e. The molecule has 0 amide bonds.